The number of nitro benzene ring substituents is 1. The van der Waals surface area contributed by atoms with E-state index in [-0.39, 0.29) is 17.0 Å². The lowest BCUT2D eigenvalue weighted by atomic mass is 10.00. The number of nitrogens with zero attached hydrogens (tertiary/aromatic N) is 2. The summed E-state index contributed by atoms with van der Waals surface area (Å²) >= 11 is 0. The summed E-state index contributed by atoms with van der Waals surface area (Å²) in [6, 6.07) is 10.2. The van der Waals surface area contributed by atoms with Gasteiger partial charge in [0.1, 0.15) is 18.8 Å². The molecule has 0 aromatic heterocycles. The minimum absolute atomic E-state index is 0.0596. The number of amides is 1. The summed E-state index contributed by atoms with van der Waals surface area (Å²) in [7, 11) is 0. The Kier molecular flexibility index (Phi) is 5.85. The second-order valence-corrected chi connectivity index (χ2v) is 7.90. The Morgan fingerprint density at radius 3 is 2.57 bits per heavy atom. The van der Waals surface area contributed by atoms with Crippen LogP contribution in [0.5, 0.6) is 11.5 Å². The van der Waals surface area contributed by atoms with Gasteiger partial charge in [0.15, 0.2) is 11.5 Å². The first-order chi connectivity index (χ1) is 14.5. The molecule has 0 radical (unpaired) electrons. The quantitative estimate of drug-likeness (QED) is 0.593. The van der Waals surface area contributed by atoms with Crippen molar-refractivity contribution < 1.29 is 19.2 Å². The molecule has 1 fully saturated rings. The van der Waals surface area contributed by atoms with Gasteiger partial charge >= 0.3 is 0 Å². The van der Waals surface area contributed by atoms with Gasteiger partial charge in [-0.15, -0.1) is 0 Å². The monoisotopic (exact) mass is 411 g/mol. The number of carbonyl (C=O) groups is 1. The number of carbonyl (C=O) groups excluding carboxylic acids is 1. The van der Waals surface area contributed by atoms with E-state index in [1.54, 1.807) is 0 Å². The summed E-state index contributed by atoms with van der Waals surface area (Å²) in [4.78, 5) is 26.0. The van der Waals surface area contributed by atoms with Crippen molar-refractivity contribution in [3.63, 3.8) is 0 Å². The van der Waals surface area contributed by atoms with Gasteiger partial charge in [-0.1, -0.05) is 19.1 Å². The van der Waals surface area contributed by atoms with Crippen LogP contribution in [0, 0.1) is 16.0 Å². The number of nitro groups is 1. The summed E-state index contributed by atoms with van der Waals surface area (Å²) in [5.41, 5.74) is 1.38. The van der Waals surface area contributed by atoms with Crippen molar-refractivity contribution in [2.24, 2.45) is 5.92 Å². The topological polar surface area (TPSA) is 93.9 Å². The molecule has 158 valence electrons. The molecule has 2 aromatic carbocycles. The van der Waals surface area contributed by atoms with Gasteiger partial charge in [-0.05, 0) is 43.0 Å². The van der Waals surface area contributed by atoms with E-state index in [1.165, 1.54) is 30.5 Å². The van der Waals surface area contributed by atoms with Crippen molar-refractivity contribution in [1.82, 2.24) is 4.90 Å². The lowest BCUT2D eigenvalue weighted by Gasteiger charge is -2.30. The van der Waals surface area contributed by atoms with Gasteiger partial charge < -0.3 is 14.8 Å². The Morgan fingerprint density at radius 2 is 1.90 bits per heavy atom. The Labute approximate surface area is 174 Å². The van der Waals surface area contributed by atoms with Crippen molar-refractivity contribution >= 4 is 17.3 Å². The largest absolute Gasteiger partial charge is 0.486 e. The number of benzene rings is 2. The van der Waals surface area contributed by atoms with Crippen LogP contribution in [0.4, 0.5) is 11.4 Å². The van der Waals surface area contributed by atoms with E-state index >= 15 is 0 Å². The predicted molar refractivity (Wildman–Crippen MR) is 112 cm³/mol. The summed E-state index contributed by atoms with van der Waals surface area (Å²) in [5, 5.41) is 14.2. The lowest BCUT2D eigenvalue weighted by Crippen LogP contribution is -2.33. The molecule has 1 atom stereocenters. The van der Waals surface area contributed by atoms with Crippen LogP contribution in [0.3, 0.4) is 0 Å². The number of nitrogens with one attached hydrogen (secondary N) is 1. The van der Waals surface area contributed by atoms with E-state index in [0.717, 1.165) is 25.6 Å². The zero-order valence-electron chi connectivity index (χ0n) is 16.9. The van der Waals surface area contributed by atoms with E-state index in [4.69, 9.17) is 9.47 Å². The first-order valence-corrected chi connectivity index (χ1v) is 10.2. The molecule has 2 aliphatic rings. The van der Waals surface area contributed by atoms with Gasteiger partial charge in [0, 0.05) is 24.8 Å². The minimum atomic E-state index is -0.587. The van der Waals surface area contributed by atoms with E-state index in [9.17, 15) is 14.9 Å². The fraction of sp³-hybridized carbons (Fsp3) is 0.409. The molecule has 1 unspecified atom stereocenters. The van der Waals surface area contributed by atoms with Gasteiger partial charge in [-0.2, -0.15) is 0 Å². The summed E-state index contributed by atoms with van der Waals surface area (Å²) in [5.74, 6) is 0.777. The first kappa shape index (κ1) is 20.2. The zero-order valence-corrected chi connectivity index (χ0v) is 16.9. The highest BCUT2D eigenvalue weighted by Gasteiger charge is 2.26. The number of anilines is 1. The van der Waals surface area contributed by atoms with Gasteiger partial charge in [-0.25, -0.2) is 0 Å². The van der Waals surface area contributed by atoms with Crippen molar-refractivity contribution in [2.75, 3.05) is 31.6 Å². The van der Waals surface area contributed by atoms with Crippen LogP contribution in [0.2, 0.25) is 0 Å². The number of fused-ring (bicyclic) bond motifs is 1. The molecule has 1 amide bonds. The molecule has 0 spiro atoms. The molecule has 2 heterocycles. The molecule has 2 aromatic rings. The number of rotatable bonds is 5. The van der Waals surface area contributed by atoms with Crippen LogP contribution in [-0.4, -0.2) is 42.0 Å². The van der Waals surface area contributed by atoms with Gasteiger partial charge in [-0.3, -0.25) is 19.8 Å². The fourth-order valence-electron chi connectivity index (χ4n) is 3.99. The normalized spacial score (nSPS) is 18.6. The zero-order chi connectivity index (χ0) is 21.1. The second-order valence-electron chi connectivity index (χ2n) is 7.90. The van der Waals surface area contributed by atoms with Gasteiger partial charge in [0.2, 0.25) is 0 Å². The van der Waals surface area contributed by atoms with Crippen LogP contribution in [0.25, 0.3) is 0 Å². The highest BCUT2D eigenvalue weighted by atomic mass is 16.6. The third kappa shape index (κ3) is 4.54. The van der Waals surface area contributed by atoms with E-state index in [1.807, 2.05) is 24.3 Å². The first-order valence-electron chi connectivity index (χ1n) is 10.2. The molecule has 2 aliphatic heterocycles. The van der Waals surface area contributed by atoms with Crippen LogP contribution in [-0.2, 0) is 6.54 Å². The minimum Gasteiger partial charge on any atom is -0.486 e. The molecule has 4 rings (SSSR count). The maximum atomic E-state index is 12.7. The second kappa shape index (κ2) is 8.71. The molecule has 1 saturated heterocycles. The molecule has 30 heavy (non-hydrogen) atoms. The number of hydrogen-bond acceptors (Lipinski definition) is 6. The number of hydrogen-bond donors (Lipinski definition) is 1. The maximum absolute atomic E-state index is 12.7. The van der Waals surface area contributed by atoms with Crippen LogP contribution in [0.1, 0.15) is 35.7 Å². The highest BCUT2D eigenvalue weighted by Crippen LogP contribution is 2.36. The van der Waals surface area contributed by atoms with E-state index in [0.29, 0.717) is 24.7 Å². The Morgan fingerprint density at radius 1 is 1.20 bits per heavy atom. The maximum Gasteiger partial charge on any atom is 0.286 e. The molecule has 0 aliphatic carbocycles. The van der Waals surface area contributed by atoms with E-state index < -0.39 is 10.8 Å². The van der Waals surface area contributed by atoms with Gasteiger partial charge in [0.25, 0.3) is 11.6 Å². The third-order valence-electron chi connectivity index (χ3n) is 5.46. The number of likely N-dealkylation sites (tertiary alicyclic amines) is 1. The molecule has 1 N–H and O–H groups in total. The standard InChI is InChI=1S/C22H25N3O5/c1-15-3-2-8-24(13-15)14-16-4-6-17(7-5-16)23-22(26)18-11-20-21(30-10-9-29-20)12-19(18)25(27)28/h4-7,11-12,15H,2-3,8-10,13-14H2,1H3,(H,23,26). The predicted octanol–water partition coefficient (Wildman–Crippen LogP) is 3.85. The third-order valence-corrected chi connectivity index (χ3v) is 5.46. The lowest BCUT2D eigenvalue weighted by molar-refractivity contribution is -0.385. The Hall–Kier alpha value is -3.13. The van der Waals surface area contributed by atoms with Crippen molar-refractivity contribution in [1.29, 1.82) is 0 Å². The average molecular weight is 411 g/mol. The van der Waals surface area contributed by atoms with Crippen molar-refractivity contribution in [3.05, 3.63) is 57.6 Å². The molecule has 0 bridgehead atoms. The average Bonchev–Trinajstić information content (AvgIpc) is 2.74. The fourth-order valence-corrected chi connectivity index (χ4v) is 3.99. The SMILES string of the molecule is CC1CCCN(Cc2ccc(NC(=O)c3cc4c(cc3[N+](=O)[O-])OCCO4)cc2)C1. The van der Waals surface area contributed by atoms with Crippen molar-refractivity contribution in [2.45, 2.75) is 26.3 Å². The summed E-state index contributed by atoms with van der Waals surface area (Å²) in [6.45, 7) is 6.03. The molecular formula is C22H25N3O5. The van der Waals surface area contributed by atoms with Crippen molar-refractivity contribution in [3.8, 4) is 11.5 Å². The Bertz CT molecular complexity index is 945. The smallest absolute Gasteiger partial charge is 0.286 e. The Balaban J connectivity index is 1.46. The molecule has 8 heteroatoms. The summed E-state index contributed by atoms with van der Waals surface area (Å²) < 4.78 is 10.8. The molecular weight excluding hydrogens is 386 g/mol. The van der Waals surface area contributed by atoms with Crippen LogP contribution >= 0.6 is 0 Å². The number of ether oxygens (including phenoxy) is 2. The molecule has 8 nitrogen and oxygen atoms in total. The molecule has 0 saturated carbocycles. The van der Waals surface area contributed by atoms with Crippen LogP contribution < -0.4 is 14.8 Å². The number of piperidine rings is 1. The highest BCUT2D eigenvalue weighted by molar-refractivity contribution is 6.07. The summed E-state index contributed by atoms with van der Waals surface area (Å²) in [6.07, 6.45) is 2.51. The van der Waals surface area contributed by atoms with Gasteiger partial charge in [0.05, 0.1) is 11.0 Å². The van der Waals surface area contributed by atoms with Crippen LogP contribution in [0.15, 0.2) is 36.4 Å². The van der Waals surface area contributed by atoms with E-state index in [2.05, 4.69) is 17.1 Å².